The molecule has 3 aromatic rings. The van der Waals surface area contributed by atoms with Crippen molar-refractivity contribution < 1.29 is 13.2 Å². The van der Waals surface area contributed by atoms with Gasteiger partial charge in [0.05, 0.1) is 15.1 Å². The van der Waals surface area contributed by atoms with Gasteiger partial charge in [-0.15, -0.1) is 0 Å². The van der Waals surface area contributed by atoms with Crippen molar-refractivity contribution in [3.8, 4) is 0 Å². The highest BCUT2D eigenvalue weighted by atomic mass is 32.2. The zero-order valence-electron chi connectivity index (χ0n) is 18.7. The van der Waals surface area contributed by atoms with Crippen LogP contribution in [-0.4, -0.2) is 36.7 Å². The predicted octanol–water partition coefficient (Wildman–Crippen LogP) is 5.46. The minimum Gasteiger partial charge on any atom is -0.302 e. The average Bonchev–Trinajstić information content (AvgIpc) is 3.19. The lowest BCUT2D eigenvalue weighted by atomic mass is 10.1. The Labute approximate surface area is 194 Å². The van der Waals surface area contributed by atoms with Crippen molar-refractivity contribution in [2.24, 2.45) is 0 Å². The van der Waals surface area contributed by atoms with Crippen molar-refractivity contribution in [2.45, 2.75) is 57.3 Å². The quantitative estimate of drug-likeness (QED) is 0.379. The fourth-order valence-corrected chi connectivity index (χ4v) is 5.91. The van der Waals surface area contributed by atoms with Crippen LogP contribution in [0.2, 0.25) is 0 Å². The monoisotopic (exact) mass is 473 g/mol. The van der Waals surface area contributed by atoms with E-state index in [1.54, 1.807) is 22.5 Å². The van der Waals surface area contributed by atoms with Crippen molar-refractivity contribution in [3.63, 3.8) is 0 Å². The Morgan fingerprint density at radius 1 is 1.03 bits per heavy atom. The summed E-state index contributed by atoms with van der Waals surface area (Å²) in [5.41, 5.74) is 1.79. The fraction of sp³-hybridized carbons (Fsp3) is 0.417. The molecule has 172 valence electrons. The van der Waals surface area contributed by atoms with Crippen molar-refractivity contribution in [1.82, 2.24) is 9.29 Å². The molecular weight excluding hydrogens is 442 g/mol. The smallest absolute Gasteiger partial charge is 0.243 e. The summed E-state index contributed by atoms with van der Waals surface area (Å²) in [5, 5.41) is 3.33. The summed E-state index contributed by atoms with van der Waals surface area (Å²) < 4.78 is 28.8. The molecule has 6 nitrogen and oxygen atoms in total. The zero-order valence-corrected chi connectivity index (χ0v) is 20.3. The van der Waals surface area contributed by atoms with Crippen LogP contribution >= 0.6 is 11.3 Å². The largest absolute Gasteiger partial charge is 0.302 e. The molecule has 0 spiro atoms. The molecule has 0 fully saturated rings. The first-order valence-corrected chi connectivity index (χ1v) is 13.4. The fourth-order valence-electron chi connectivity index (χ4n) is 3.37. The number of unbranched alkanes of at least 4 members (excludes halogenated alkanes) is 2. The Morgan fingerprint density at radius 3 is 2.38 bits per heavy atom. The van der Waals surface area contributed by atoms with Gasteiger partial charge in [0.15, 0.2) is 5.13 Å². The number of thiazole rings is 1. The molecule has 0 bridgehead atoms. The van der Waals surface area contributed by atoms with Crippen LogP contribution < -0.4 is 5.32 Å². The maximum Gasteiger partial charge on any atom is 0.243 e. The van der Waals surface area contributed by atoms with Crippen molar-refractivity contribution in [1.29, 1.82) is 0 Å². The molecule has 0 aliphatic heterocycles. The third-order valence-corrected chi connectivity index (χ3v) is 8.08. The molecule has 0 aliphatic rings. The minimum absolute atomic E-state index is 0.105. The van der Waals surface area contributed by atoms with Gasteiger partial charge < -0.3 is 5.32 Å². The van der Waals surface area contributed by atoms with Gasteiger partial charge in [-0.3, -0.25) is 4.79 Å². The van der Waals surface area contributed by atoms with Gasteiger partial charge in [0.2, 0.25) is 15.9 Å². The molecular formula is C24H31N3O3S2. The van der Waals surface area contributed by atoms with E-state index in [-0.39, 0.29) is 10.8 Å². The molecule has 8 heteroatoms. The van der Waals surface area contributed by atoms with Gasteiger partial charge in [-0.05, 0) is 43.0 Å². The van der Waals surface area contributed by atoms with E-state index in [1.807, 2.05) is 30.3 Å². The number of carbonyl (C=O) groups excluding carboxylic acids is 1. The Hall–Kier alpha value is -2.29. The second kappa shape index (κ2) is 11.5. The Balaban J connectivity index is 1.72. The number of nitrogens with zero attached hydrogens (tertiary/aromatic N) is 2. The second-order valence-corrected chi connectivity index (χ2v) is 10.8. The number of hydrogen-bond acceptors (Lipinski definition) is 5. The van der Waals surface area contributed by atoms with Crippen LogP contribution in [0.15, 0.2) is 53.4 Å². The Bertz CT molecular complexity index is 1120. The summed E-state index contributed by atoms with van der Waals surface area (Å²) in [6.07, 6.45) is 4.59. The van der Waals surface area contributed by atoms with E-state index in [0.29, 0.717) is 36.6 Å². The number of carbonyl (C=O) groups is 1. The van der Waals surface area contributed by atoms with E-state index in [2.05, 4.69) is 24.1 Å². The molecule has 1 amide bonds. The van der Waals surface area contributed by atoms with Crippen molar-refractivity contribution >= 4 is 42.6 Å². The first kappa shape index (κ1) is 24.4. The van der Waals surface area contributed by atoms with Gasteiger partial charge >= 0.3 is 0 Å². The summed E-state index contributed by atoms with van der Waals surface area (Å²) in [6.45, 7) is 5.18. The number of benzene rings is 2. The van der Waals surface area contributed by atoms with Crippen LogP contribution in [0.25, 0.3) is 10.2 Å². The number of sulfonamides is 1. The van der Waals surface area contributed by atoms with E-state index in [1.165, 1.54) is 11.3 Å². The molecule has 1 N–H and O–H groups in total. The molecule has 0 aliphatic carbocycles. The van der Waals surface area contributed by atoms with E-state index >= 15 is 0 Å². The van der Waals surface area contributed by atoms with Crippen LogP contribution in [0.4, 0.5) is 5.13 Å². The average molecular weight is 474 g/mol. The van der Waals surface area contributed by atoms with Gasteiger partial charge in [-0.1, -0.05) is 68.4 Å². The number of aromatic nitrogens is 1. The third kappa shape index (κ3) is 6.37. The van der Waals surface area contributed by atoms with Crippen LogP contribution in [0.1, 0.15) is 51.5 Å². The zero-order chi connectivity index (χ0) is 23.0. The summed E-state index contributed by atoms with van der Waals surface area (Å²) in [5.74, 6) is -0.105. The van der Waals surface area contributed by atoms with E-state index in [4.69, 9.17) is 0 Å². The number of rotatable bonds is 12. The molecule has 1 heterocycles. The maximum atomic E-state index is 13.2. The molecule has 0 saturated carbocycles. The predicted molar refractivity (Wildman–Crippen MR) is 132 cm³/mol. The summed E-state index contributed by atoms with van der Waals surface area (Å²) in [7, 11) is -3.57. The van der Waals surface area contributed by atoms with Crippen molar-refractivity contribution in [2.75, 3.05) is 18.4 Å². The number of nitrogens with one attached hydrogen (secondary N) is 1. The van der Waals surface area contributed by atoms with E-state index in [0.717, 1.165) is 35.9 Å². The normalized spacial score (nSPS) is 11.8. The third-order valence-electron chi connectivity index (χ3n) is 5.25. The highest BCUT2D eigenvalue weighted by Gasteiger charge is 2.24. The highest BCUT2D eigenvalue weighted by molar-refractivity contribution is 7.89. The lowest BCUT2D eigenvalue weighted by Crippen LogP contribution is -2.33. The first-order valence-electron chi connectivity index (χ1n) is 11.2. The van der Waals surface area contributed by atoms with Crippen LogP contribution in [0, 0.1) is 0 Å². The Morgan fingerprint density at radius 2 is 1.72 bits per heavy atom. The number of aryl methyl sites for hydroxylation is 1. The van der Waals surface area contributed by atoms with Crippen LogP contribution in [-0.2, 0) is 21.2 Å². The molecule has 0 saturated heterocycles. The van der Waals surface area contributed by atoms with Crippen LogP contribution in [0.3, 0.4) is 0 Å². The minimum atomic E-state index is -3.57. The molecule has 1 aromatic heterocycles. The number of fused-ring (bicyclic) bond motifs is 1. The molecule has 0 atom stereocenters. The number of amides is 1. The molecule has 0 radical (unpaired) electrons. The number of hydrogen-bond donors (Lipinski definition) is 1. The van der Waals surface area contributed by atoms with E-state index < -0.39 is 10.0 Å². The lowest BCUT2D eigenvalue weighted by Gasteiger charge is -2.21. The summed E-state index contributed by atoms with van der Waals surface area (Å²) >= 11 is 1.30. The standard InChI is InChI=1S/C24H31N3O3S2/c1-3-5-16-27(17-6-4-2)32(29,30)20-13-14-21-22(18-20)31-24(25-21)26-23(28)15-12-19-10-8-7-9-11-19/h7-11,13-14,18H,3-6,12,15-17H2,1-2H3,(H,25,26,28). The molecule has 0 unspecified atom stereocenters. The molecule has 32 heavy (non-hydrogen) atoms. The molecule has 2 aromatic carbocycles. The first-order chi connectivity index (χ1) is 15.4. The second-order valence-electron chi connectivity index (χ2n) is 7.79. The van der Waals surface area contributed by atoms with Gasteiger partial charge in [0, 0.05) is 19.5 Å². The van der Waals surface area contributed by atoms with Crippen molar-refractivity contribution in [3.05, 3.63) is 54.1 Å². The topological polar surface area (TPSA) is 79.4 Å². The van der Waals surface area contributed by atoms with E-state index in [9.17, 15) is 13.2 Å². The summed E-state index contributed by atoms with van der Waals surface area (Å²) in [4.78, 5) is 17.1. The number of anilines is 1. The van der Waals surface area contributed by atoms with Gasteiger partial charge in [0.1, 0.15) is 0 Å². The van der Waals surface area contributed by atoms with Crippen LogP contribution in [0.5, 0.6) is 0 Å². The van der Waals surface area contributed by atoms with Gasteiger partial charge in [-0.25, -0.2) is 13.4 Å². The van der Waals surface area contributed by atoms with Gasteiger partial charge in [0.25, 0.3) is 0 Å². The highest BCUT2D eigenvalue weighted by Crippen LogP contribution is 2.29. The molecule has 3 rings (SSSR count). The summed E-state index contributed by atoms with van der Waals surface area (Å²) in [6, 6.07) is 14.9. The maximum absolute atomic E-state index is 13.2. The Kier molecular flexibility index (Phi) is 8.78. The van der Waals surface area contributed by atoms with Gasteiger partial charge in [-0.2, -0.15) is 4.31 Å². The SMILES string of the molecule is CCCCN(CCCC)S(=O)(=O)c1ccc2nc(NC(=O)CCc3ccccc3)sc2c1. The lowest BCUT2D eigenvalue weighted by molar-refractivity contribution is -0.116.